The molecule has 8 nitrogen and oxygen atoms in total. The smallest absolute Gasteiger partial charge is 0.231 e. The first-order valence-electron chi connectivity index (χ1n) is 11.1. The van der Waals surface area contributed by atoms with E-state index in [-0.39, 0.29) is 17.8 Å². The second kappa shape index (κ2) is 8.96. The SMILES string of the molecule is N#CC1(NC(=O)CSc2nnc(-c3c[nH]c4ccccc34)n2CC2CCCO2)CCCC1. The Kier molecular flexibility index (Phi) is 5.89. The van der Waals surface area contributed by atoms with E-state index in [9.17, 15) is 10.1 Å². The van der Waals surface area contributed by atoms with E-state index >= 15 is 0 Å². The van der Waals surface area contributed by atoms with Crippen molar-refractivity contribution in [3.8, 4) is 17.5 Å². The molecule has 1 saturated carbocycles. The van der Waals surface area contributed by atoms with E-state index in [0.717, 1.165) is 67.4 Å². The first kappa shape index (κ1) is 21.0. The van der Waals surface area contributed by atoms with Crippen LogP contribution < -0.4 is 5.32 Å². The lowest BCUT2D eigenvalue weighted by Crippen LogP contribution is -2.45. The molecule has 1 saturated heterocycles. The van der Waals surface area contributed by atoms with Gasteiger partial charge in [-0.3, -0.25) is 9.36 Å². The molecule has 2 N–H and O–H groups in total. The van der Waals surface area contributed by atoms with E-state index in [4.69, 9.17) is 4.74 Å². The largest absolute Gasteiger partial charge is 0.376 e. The van der Waals surface area contributed by atoms with Crippen LogP contribution in [0, 0.1) is 11.3 Å². The number of rotatable bonds is 7. The standard InChI is InChI=1S/C23H26N6O2S/c24-15-23(9-3-4-10-23)26-20(30)14-32-22-28-27-21(29(22)13-16-6-5-11-31-16)18-12-25-19-8-2-1-7-17(18)19/h1-2,7-8,12,16,25H,3-6,9-11,13-14H2,(H,26,30). The van der Waals surface area contributed by atoms with Crippen molar-refractivity contribution in [1.82, 2.24) is 25.1 Å². The number of thioether (sulfide) groups is 1. The number of H-pyrrole nitrogens is 1. The Morgan fingerprint density at radius 2 is 2.16 bits per heavy atom. The number of nitrogens with zero attached hydrogens (tertiary/aromatic N) is 4. The van der Waals surface area contributed by atoms with Gasteiger partial charge in [0.15, 0.2) is 11.0 Å². The van der Waals surface area contributed by atoms with Crippen molar-refractivity contribution in [2.24, 2.45) is 0 Å². The maximum absolute atomic E-state index is 12.6. The zero-order chi connectivity index (χ0) is 22.0. The third-order valence-electron chi connectivity index (χ3n) is 6.34. The Balaban J connectivity index is 1.38. The summed E-state index contributed by atoms with van der Waals surface area (Å²) in [5.74, 6) is 0.824. The molecule has 0 bridgehead atoms. The molecule has 166 valence electrons. The van der Waals surface area contributed by atoms with Crippen LogP contribution in [0.25, 0.3) is 22.3 Å². The first-order valence-corrected chi connectivity index (χ1v) is 12.1. The number of carbonyl (C=O) groups is 1. The third kappa shape index (κ3) is 4.12. The molecule has 2 fully saturated rings. The molecule has 5 rings (SSSR count). The normalized spacial score (nSPS) is 19.9. The summed E-state index contributed by atoms with van der Waals surface area (Å²) >= 11 is 1.36. The maximum atomic E-state index is 12.6. The highest BCUT2D eigenvalue weighted by atomic mass is 32.2. The van der Waals surface area contributed by atoms with E-state index < -0.39 is 5.54 Å². The summed E-state index contributed by atoms with van der Waals surface area (Å²) < 4.78 is 7.94. The number of nitrogens with one attached hydrogen (secondary N) is 2. The van der Waals surface area contributed by atoms with Gasteiger partial charge in [0.1, 0.15) is 5.54 Å². The fourth-order valence-corrected chi connectivity index (χ4v) is 5.43. The molecular formula is C23H26N6O2S. The van der Waals surface area contributed by atoms with Crippen LogP contribution in [-0.2, 0) is 16.1 Å². The molecule has 3 aromatic rings. The second-order valence-electron chi connectivity index (χ2n) is 8.54. The summed E-state index contributed by atoms with van der Waals surface area (Å²) in [6.07, 6.45) is 7.52. The van der Waals surface area contributed by atoms with Gasteiger partial charge in [-0.05, 0) is 44.6 Å². The number of aromatic amines is 1. The first-order chi connectivity index (χ1) is 15.7. The van der Waals surface area contributed by atoms with Gasteiger partial charge in [-0.2, -0.15) is 5.26 Å². The Bertz CT molecular complexity index is 1150. The molecule has 1 amide bonds. The Morgan fingerprint density at radius 3 is 2.94 bits per heavy atom. The fourth-order valence-electron chi connectivity index (χ4n) is 4.68. The number of carbonyl (C=O) groups excluding carboxylic acids is 1. The molecule has 1 aliphatic carbocycles. The third-order valence-corrected chi connectivity index (χ3v) is 7.31. The minimum absolute atomic E-state index is 0.114. The second-order valence-corrected chi connectivity index (χ2v) is 9.48. The predicted molar refractivity (Wildman–Crippen MR) is 122 cm³/mol. The van der Waals surface area contributed by atoms with Crippen molar-refractivity contribution in [3.05, 3.63) is 30.5 Å². The quantitative estimate of drug-likeness (QED) is 0.532. The number of aromatic nitrogens is 4. The van der Waals surface area contributed by atoms with Gasteiger partial charge in [-0.15, -0.1) is 10.2 Å². The summed E-state index contributed by atoms with van der Waals surface area (Å²) in [4.78, 5) is 15.9. The maximum Gasteiger partial charge on any atom is 0.231 e. The number of amides is 1. The molecule has 1 atom stereocenters. The monoisotopic (exact) mass is 450 g/mol. The molecule has 0 spiro atoms. The predicted octanol–water partition coefficient (Wildman–Crippen LogP) is 3.65. The van der Waals surface area contributed by atoms with E-state index in [1.165, 1.54) is 11.8 Å². The topological polar surface area (TPSA) is 109 Å². The molecular weight excluding hydrogens is 424 g/mol. The number of benzene rings is 1. The van der Waals surface area contributed by atoms with Gasteiger partial charge < -0.3 is 15.0 Å². The summed E-state index contributed by atoms with van der Waals surface area (Å²) in [5, 5.41) is 23.2. The van der Waals surface area contributed by atoms with Crippen LogP contribution in [0.2, 0.25) is 0 Å². The van der Waals surface area contributed by atoms with Crippen molar-refractivity contribution in [1.29, 1.82) is 5.26 Å². The van der Waals surface area contributed by atoms with Crippen LogP contribution >= 0.6 is 11.8 Å². The minimum atomic E-state index is -0.710. The zero-order valence-electron chi connectivity index (χ0n) is 17.8. The number of fused-ring (bicyclic) bond motifs is 1. The van der Waals surface area contributed by atoms with Gasteiger partial charge in [0.2, 0.25) is 5.91 Å². The van der Waals surface area contributed by atoms with Crippen molar-refractivity contribution < 1.29 is 9.53 Å². The van der Waals surface area contributed by atoms with Gasteiger partial charge in [0, 0.05) is 29.3 Å². The summed E-state index contributed by atoms with van der Waals surface area (Å²) in [7, 11) is 0. The van der Waals surface area contributed by atoms with Crippen molar-refractivity contribution >= 4 is 28.6 Å². The minimum Gasteiger partial charge on any atom is -0.376 e. The van der Waals surface area contributed by atoms with E-state index in [1.807, 2.05) is 24.4 Å². The molecule has 1 aliphatic heterocycles. The van der Waals surface area contributed by atoms with Crippen LogP contribution in [0.3, 0.4) is 0 Å². The van der Waals surface area contributed by atoms with Gasteiger partial charge in [0.05, 0.1) is 24.5 Å². The summed E-state index contributed by atoms with van der Waals surface area (Å²) in [6, 6.07) is 10.4. The Morgan fingerprint density at radius 1 is 1.31 bits per heavy atom. The highest BCUT2D eigenvalue weighted by molar-refractivity contribution is 7.99. The lowest BCUT2D eigenvalue weighted by atomic mass is 10.0. The molecule has 2 aromatic heterocycles. The number of ether oxygens (including phenoxy) is 1. The highest BCUT2D eigenvalue weighted by Crippen LogP contribution is 2.32. The molecule has 32 heavy (non-hydrogen) atoms. The van der Waals surface area contributed by atoms with Crippen molar-refractivity contribution in [2.75, 3.05) is 12.4 Å². The van der Waals surface area contributed by atoms with Gasteiger partial charge in [-0.1, -0.05) is 30.0 Å². The van der Waals surface area contributed by atoms with Crippen LogP contribution in [0.4, 0.5) is 0 Å². The molecule has 3 heterocycles. The Hall–Kier alpha value is -2.83. The van der Waals surface area contributed by atoms with Gasteiger partial charge >= 0.3 is 0 Å². The molecule has 2 aliphatic rings. The zero-order valence-corrected chi connectivity index (χ0v) is 18.7. The van der Waals surface area contributed by atoms with Gasteiger partial charge in [0.25, 0.3) is 0 Å². The van der Waals surface area contributed by atoms with Crippen molar-refractivity contribution in [2.45, 2.75) is 61.9 Å². The molecule has 1 unspecified atom stereocenters. The van der Waals surface area contributed by atoms with Crippen LogP contribution in [-0.4, -0.2) is 49.7 Å². The average molecular weight is 451 g/mol. The average Bonchev–Trinajstić information content (AvgIpc) is 3.60. The van der Waals surface area contributed by atoms with E-state index in [1.54, 1.807) is 0 Å². The summed E-state index contributed by atoms with van der Waals surface area (Å²) in [6.45, 7) is 1.42. The fraction of sp³-hybridized carbons (Fsp3) is 0.478. The molecule has 9 heteroatoms. The molecule has 0 radical (unpaired) electrons. The number of para-hydroxylation sites is 1. The number of hydrogen-bond acceptors (Lipinski definition) is 6. The Labute approximate surface area is 190 Å². The van der Waals surface area contributed by atoms with Crippen LogP contribution in [0.1, 0.15) is 38.5 Å². The van der Waals surface area contributed by atoms with Crippen LogP contribution in [0.5, 0.6) is 0 Å². The van der Waals surface area contributed by atoms with E-state index in [0.29, 0.717) is 11.7 Å². The highest BCUT2D eigenvalue weighted by Gasteiger charge is 2.35. The number of nitriles is 1. The van der Waals surface area contributed by atoms with E-state index in [2.05, 4.69) is 37.2 Å². The van der Waals surface area contributed by atoms with Crippen molar-refractivity contribution in [3.63, 3.8) is 0 Å². The molecule has 1 aromatic carbocycles. The summed E-state index contributed by atoms with van der Waals surface area (Å²) in [5.41, 5.74) is 1.32. The van der Waals surface area contributed by atoms with Gasteiger partial charge in [-0.25, -0.2) is 0 Å². The lowest BCUT2D eigenvalue weighted by molar-refractivity contribution is -0.119. The lowest BCUT2D eigenvalue weighted by Gasteiger charge is -2.21. The van der Waals surface area contributed by atoms with Crippen LogP contribution in [0.15, 0.2) is 35.6 Å². The number of hydrogen-bond donors (Lipinski definition) is 2.